The summed E-state index contributed by atoms with van der Waals surface area (Å²) in [5.74, 6) is 0.325. The highest BCUT2D eigenvalue weighted by Crippen LogP contribution is 2.33. The van der Waals surface area contributed by atoms with Gasteiger partial charge in [0.1, 0.15) is 11.9 Å². The molecule has 9 heteroatoms. The molecule has 0 aliphatic carbocycles. The molecule has 1 unspecified atom stereocenters. The van der Waals surface area contributed by atoms with Crippen LogP contribution in [-0.2, 0) is 0 Å². The number of nitrogens with zero attached hydrogens (tertiary/aromatic N) is 3. The maximum Gasteiger partial charge on any atom is 0.188 e. The Labute approximate surface area is 186 Å². The van der Waals surface area contributed by atoms with Gasteiger partial charge in [0.05, 0.1) is 21.3 Å². The molecule has 0 bridgehead atoms. The number of aryl methyl sites for hydroxylation is 2. The summed E-state index contributed by atoms with van der Waals surface area (Å²) >= 11 is 8.93. The maximum absolute atomic E-state index is 13.9. The Morgan fingerprint density at radius 2 is 2.00 bits per heavy atom. The molecular weight excluding hydrogens is 443 g/mol. The van der Waals surface area contributed by atoms with Crippen molar-refractivity contribution in [3.63, 3.8) is 0 Å². The van der Waals surface area contributed by atoms with Crippen molar-refractivity contribution < 1.29 is 9.13 Å². The van der Waals surface area contributed by atoms with Crippen LogP contribution in [0.4, 0.5) is 15.3 Å². The standard InChI is InChI=1S/C21H18ClFN4OS2/c1-11-20(30-13(3)25-11)17-10-29-21(26-17)27-19-7-4-14(9-24-19)12(2)28-18-6-5-15(22)8-16(18)23/h4-10,12H,1-3H3,(H,24,26,27). The van der Waals surface area contributed by atoms with Gasteiger partial charge in [-0.25, -0.2) is 19.3 Å². The van der Waals surface area contributed by atoms with Crippen LogP contribution in [0.1, 0.15) is 29.3 Å². The Kier molecular flexibility index (Phi) is 5.99. The summed E-state index contributed by atoms with van der Waals surface area (Å²) in [6.07, 6.45) is 1.33. The van der Waals surface area contributed by atoms with E-state index >= 15 is 0 Å². The van der Waals surface area contributed by atoms with Gasteiger partial charge in [0.2, 0.25) is 0 Å². The van der Waals surface area contributed by atoms with Gasteiger partial charge in [-0.05, 0) is 45.0 Å². The highest BCUT2D eigenvalue weighted by Gasteiger charge is 2.14. The highest BCUT2D eigenvalue weighted by atomic mass is 35.5. The van der Waals surface area contributed by atoms with Crippen molar-refractivity contribution in [1.82, 2.24) is 15.0 Å². The second-order valence-electron chi connectivity index (χ2n) is 6.62. The van der Waals surface area contributed by atoms with Crippen LogP contribution in [0.2, 0.25) is 5.02 Å². The normalized spacial score (nSPS) is 12.0. The number of pyridine rings is 1. The SMILES string of the molecule is Cc1nc(C)c(-c2csc(Nc3ccc(C(C)Oc4ccc(Cl)cc4F)cn3)n2)s1. The average Bonchev–Trinajstić information content (AvgIpc) is 3.30. The van der Waals surface area contributed by atoms with E-state index in [1.165, 1.54) is 23.5 Å². The van der Waals surface area contributed by atoms with Crippen LogP contribution in [0.3, 0.4) is 0 Å². The third-order valence-corrected chi connectivity index (χ3v) is 6.42. The minimum Gasteiger partial charge on any atom is -0.483 e. The molecule has 0 fully saturated rings. The van der Waals surface area contributed by atoms with Gasteiger partial charge in [-0.2, -0.15) is 0 Å². The Morgan fingerprint density at radius 3 is 2.67 bits per heavy atom. The first-order valence-corrected chi connectivity index (χ1v) is 11.2. The van der Waals surface area contributed by atoms with Crippen LogP contribution in [0.5, 0.6) is 5.75 Å². The minimum absolute atomic E-state index is 0.151. The largest absolute Gasteiger partial charge is 0.483 e. The Hall–Kier alpha value is -2.55. The second-order valence-corrected chi connectivity index (χ2v) is 9.12. The molecule has 1 N–H and O–H groups in total. The smallest absolute Gasteiger partial charge is 0.188 e. The molecule has 0 radical (unpaired) electrons. The van der Waals surface area contributed by atoms with Crippen molar-refractivity contribution in [2.75, 3.05) is 5.32 Å². The fourth-order valence-corrected chi connectivity index (χ4v) is 4.69. The Balaban J connectivity index is 1.43. The topological polar surface area (TPSA) is 59.9 Å². The average molecular weight is 461 g/mol. The Morgan fingerprint density at radius 1 is 1.17 bits per heavy atom. The van der Waals surface area contributed by atoms with Gasteiger partial charge in [-0.1, -0.05) is 17.7 Å². The maximum atomic E-state index is 13.9. The first-order valence-electron chi connectivity index (χ1n) is 9.13. The molecule has 0 spiro atoms. The van der Waals surface area contributed by atoms with Crippen LogP contribution in [0.15, 0.2) is 41.9 Å². The van der Waals surface area contributed by atoms with E-state index in [9.17, 15) is 4.39 Å². The molecule has 0 aliphatic heterocycles. The van der Waals surface area contributed by atoms with Gasteiger partial charge < -0.3 is 10.1 Å². The molecule has 5 nitrogen and oxygen atoms in total. The van der Waals surface area contributed by atoms with Crippen molar-refractivity contribution in [2.24, 2.45) is 0 Å². The molecular formula is C21H18ClFN4OS2. The van der Waals surface area contributed by atoms with Gasteiger partial charge in [-0.3, -0.25) is 0 Å². The highest BCUT2D eigenvalue weighted by molar-refractivity contribution is 7.16. The number of aromatic nitrogens is 3. The number of hydrogen-bond donors (Lipinski definition) is 1. The van der Waals surface area contributed by atoms with E-state index in [2.05, 4.69) is 20.3 Å². The molecule has 1 atom stereocenters. The van der Waals surface area contributed by atoms with Crippen molar-refractivity contribution in [2.45, 2.75) is 26.9 Å². The monoisotopic (exact) mass is 460 g/mol. The zero-order chi connectivity index (χ0) is 21.3. The number of nitrogens with one attached hydrogen (secondary N) is 1. The van der Waals surface area contributed by atoms with E-state index in [4.69, 9.17) is 16.3 Å². The third-order valence-electron chi connectivity index (χ3n) is 4.33. The number of rotatable bonds is 6. The first kappa shape index (κ1) is 20.7. The summed E-state index contributed by atoms with van der Waals surface area (Å²) in [5.41, 5.74) is 2.72. The predicted octanol–water partition coefficient (Wildman–Crippen LogP) is 6.95. The second kappa shape index (κ2) is 8.67. The number of thiazole rings is 2. The van der Waals surface area contributed by atoms with E-state index in [0.717, 1.165) is 32.0 Å². The predicted molar refractivity (Wildman–Crippen MR) is 121 cm³/mol. The molecule has 4 aromatic rings. The molecule has 30 heavy (non-hydrogen) atoms. The van der Waals surface area contributed by atoms with E-state index < -0.39 is 5.82 Å². The van der Waals surface area contributed by atoms with E-state index in [-0.39, 0.29) is 11.9 Å². The molecule has 3 aromatic heterocycles. The minimum atomic E-state index is -0.494. The van der Waals surface area contributed by atoms with Crippen LogP contribution < -0.4 is 10.1 Å². The molecule has 0 amide bonds. The van der Waals surface area contributed by atoms with Crippen molar-refractivity contribution in [3.8, 4) is 16.3 Å². The van der Waals surface area contributed by atoms with Crippen LogP contribution in [0, 0.1) is 19.7 Å². The van der Waals surface area contributed by atoms with Crippen molar-refractivity contribution in [3.05, 3.63) is 69.0 Å². The summed E-state index contributed by atoms with van der Waals surface area (Å²) in [7, 11) is 0. The molecule has 0 saturated heterocycles. The van der Waals surface area contributed by atoms with Gasteiger partial charge >= 0.3 is 0 Å². The quantitative estimate of drug-likeness (QED) is 0.337. The number of anilines is 2. The molecule has 3 heterocycles. The first-order chi connectivity index (χ1) is 14.4. The molecule has 154 valence electrons. The van der Waals surface area contributed by atoms with Gasteiger partial charge in [0, 0.05) is 22.2 Å². The van der Waals surface area contributed by atoms with E-state index in [0.29, 0.717) is 10.8 Å². The van der Waals surface area contributed by atoms with E-state index in [1.807, 2.05) is 38.3 Å². The fraction of sp³-hybridized carbons (Fsp3) is 0.190. The zero-order valence-corrected chi connectivity index (χ0v) is 18.8. The number of halogens is 2. The number of hydrogen-bond acceptors (Lipinski definition) is 7. The molecule has 4 rings (SSSR count). The third kappa shape index (κ3) is 4.61. The lowest BCUT2D eigenvalue weighted by atomic mass is 10.2. The lowest BCUT2D eigenvalue weighted by molar-refractivity contribution is 0.216. The van der Waals surface area contributed by atoms with Gasteiger partial charge in [-0.15, -0.1) is 22.7 Å². The Bertz CT molecular complexity index is 1180. The van der Waals surface area contributed by atoms with E-state index in [1.54, 1.807) is 23.6 Å². The summed E-state index contributed by atoms with van der Waals surface area (Å²) in [6, 6.07) is 8.07. The number of ether oxygens (including phenoxy) is 1. The molecule has 0 aliphatic rings. The summed E-state index contributed by atoms with van der Waals surface area (Å²) < 4.78 is 19.6. The lowest BCUT2D eigenvalue weighted by Crippen LogP contribution is -2.05. The van der Waals surface area contributed by atoms with Crippen molar-refractivity contribution >= 4 is 45.2 Å². The van der Waals surface area contributed by atoms with Gasteiger partial charge in [0.15, 0.2) is 16.7 Å². The molecule has 0 saturated carbocycles. The van der Waals surface area contributed by atoms with Crippen molar-refractivity contribution in [1.29, 1.82) is 0 Å². The molecule has 1 aromatic carbocycles. The zero-order valence-electron chi connectivity index (χ0n) is 16.4. The lowest BCUT2D eigenvalue weighted by Gasteiger charge is -2.15. The summed E-state index contributed by atoms with van der Waals surface area (Å²) in [4.78, 5) is 14.6. The van der Waals surface area contributed by atoms with Gasteiger partial charge in [0.25, 0.3) is 0 Å². The van der Waals surface area contributed by atoms with Crippen LogP contribution in [0.25, 0.3) is 10.6 Å². The fourth-order valence-electron chi connectivity index (χ4n) is 2.86. The summed E-state index contributed by atoms with van der Waals surface area (Å²) in [6.45, 7) is 5.82. The number of benzene rings is 1. The van der Waals surface area contributed by atoms with Crippen LogP contribution >= 0.6 is 34.3 Å². The van der Waals surface area contributed by atoms with Crippen LogP contribution in [-0.4, -0.2) is 15.0 Å². The summed E-state index contributed by atoms with van der Waals surface area (Å²) in [5, 5.41) is 7.33.